The van der Waals surface area contributed by atoms with Gasteiger partial charge in [0.2, 0.25) is 0 Å². The van der Waals surface area contributed by atoms with Gasteiger partial charge in [0.1, 0.15) is 6.04 Å². The molecule has 2 heterocycles. The van der Waals surface area contributed by atoms with Crippen molar-refractivity contribution >= 4 is 39.5 Å². The van der Waals surface area contributed by atoms with Crippen LogP contribution in [-0.2, 0) is 16.0 Å². The fourth-order valence-electron chi connectivity index (χ4n) is 3.48. The van der Waals surface area contributed by atoms with Crippen molar-refractivity contribution in [2.24, 2.45) is 0 Å². The van der Waals surface area contributed by atoms with Crippen molar-refractivity contribution < 1.29 is 9.53 Å². The van der Waals surface area contributed by atoms with Gasteiger partial charge in [-0.1, -0.05) is 36.4 Å². The summed E-state index contributed by atoms with van der Waals surface area (Å²) in [7, 11) is 1.44. The van der Waals surface area contributed by atoms with E-state index in [1.807, 2.05) is 24.3 Å². The maximum Gasteiger partial charge on any atom is 0.323 e. The van der Waals surface area contributed by atoms with Crippen LogP contribution in [0.1, 0.15) is 22.9 Å². The SMILES string of the molecule is COC(=O)C1Cc2c([nH]c3ccccc23)C(c2ccccc2I)N1. The van der Waals surface area contributed by atoms with Crippen LogP contribution in [0.5, 0.6) is 0 Å². The van der Waals surface area contributed by atoms with E-state index in [1.54, 1.807) is 0 Å². The Morgan fingerprint density at radius 2 is 1.92 bits per heavy atom. The molecule has 24 heavy (non-hydrogen) atoms. The summed E-state index contributed by atoms with van der Waals surface area (Å²) in [6.07, 6.45) is 0.631. The first kappa shape index (κ1) is 15.7. The average Bonchev–Trinajstić information content (AvgIpc) is 2.99. The van der Waals surface area contributed by atoms with Gasteiger partial charge in [-0.15, -0.1) is 0 Å². The van der Waals surface area contributed by atoms with Crippen LogP contribution in [0.15, 0.2) is 48.5 Å². The highest BCUT2D eigenvalue weighted by atomic mass is 127. The maximum absolute atomic E-state index is 12.2. The van der Waals surface area contributed by atoms with Gasteiger partial charge in [0.15, 0.2) is 0 Å². The number of esters is 1. The maximum atomic E-state index is 12.2. The van der Waals surface area contributed by atoms with Gasteiger partial charge in [0.25, 0.3) is 0 Å². The van der Waals surface area contributed by atoms with Crippen LogP contribution >= 0.6 is 22.6 Å². The number of nitrogens with one attached hydrogen (secondary N) is 2. The number of aromatic amines is 1. The van der Waals surface area contributed by atoms with Gasteiger partial charge in [0.05, 0.1) is 13.2 Å². The number of para-hydroxylation sites is 1. The predicted octanol–water partition coefficient (Wildman–Crippen LogP) is 3.55. The molecular formula is C19H17IN2O2. The zero-order valence-corrected chi connectivity index (χ0v) is 15.3. The number of ether oxygens (including phenoxy) is 1. The van der Waals surface area contributed by atoms with E-state index < -0.39 is 0 Å². The van der Waals surface area contributed by atoms with E-state index in [4.69, 9.17) is 4.74 Å². The molecule has 0 saturated carbocycles. The van der Waals surface area contributed by atoms with Crippen LogP contribution in [-0.4, -0.2) is 24.1 Å². The first-order valence-corrected chi connectivity index (χ1v) is 8.94. The lowest BCUT2D eigenvalue weighted by Crippen LogP contribution is -2.45. The fourth-order valence-corrected chi connectivity index (χ4v) is 4.18. The highest BCUT2D eigenvalue weighted by Gasteiger charge is 2.34. The highest BCUT2D eigenvalue weighted by Crippen LogP contribution is 2.36. The molecule has 122 valence electrons. The lowest BCUT2D eigenvalue weighted by Gasteiger charge is -2.30. The Balaban J connectivity index is 1.90. The predicted molar refractivity (Wildman–Crippen MR) is 102 cm³/mol. The monoisotopic (exact) mass is 432 g/mol. The van der Waals surface area contributed by atoms with E-state index in [2.05, 4.69) is 57.2 Å². The third-order valence-corrected chi connectivity index (χ3v) is 5.60. The first-order chi connectivity index (χ1) is 11.7. The smallest absolute Gasteiger partial charge is 0.323 e. The minimum atomic E-state index is -0.345. The number of benzene rings is 2. The quantitative estimate of drug-likeness (QED) is 0.481. The standard InChI is InChI=1S/C19H17IN2O2/c1-24-19(23)16-10-13-11-6-3-5-9-15(11)21-18(13)17(22-16)12-7-2-4-8-14(12)20/h2-9,16-17,21-22H,10H2,1H3. The Labute approximate surface area is 153 Å². The van der Waals surface area contributed by atoms with Crippen molar-refractivity contribution in [1.82, 2.24) is 10.3 Å². The van der Waals surface area contributed by atoms with Gasteiger partial charge in [-0.05, 0) is 45.9 Å². The minimum Gasteiger partial charge on any atom is -0.468 e. The highest BCUT2D eigenvalue weighted by molar-refractivity contribution is 14.1. The normalized spacial score (nSPS) is 19.9. The largest absolute Gasteiger partial charge is 0.468 e. The summed E-state index contributed by atoms with van der Waals surface area (Å²) in [5, 5.41) is 4.65. The molecule has 0 saturated heterocycles. The second kappa shape index (κ2) is 6.22. The van der Waals surface area contributed by atoms with E-state index in [9.17, 15) is 4.79 Å². The number of carbonyl (C=O) groups is 1. The Bertz CT molecular complexity index is 919. The third kappa shape index (κ3) is 2.52. The second-order valence-corrected chi connectivity index (χ2v) is 7.13. The Morgan fingerprint density at radius 3 is 2.71 bits per heavy atom. The lowest BCUT2D eigenvalue weighted by atomic mass is 9.90. The van der Waals surface area contributed by atoms with Crippen molar-refractivity contribution in [3.05, 3.63) is 68.9 Å². The van der Waals surface area contributed by atoms with Gasteiger partial charge in [0, 0.05) is 26.6 Å². The molecule has 0 bridgehead atoms. The summed E-state index contributed by atoms with van der Waals surface area (Å²) in [6, 6.07) is 16.1. The first-order valence-electron chi connectivity index (χ1n) is 7.87. The molecule has 0 amide bonds. The molecule has 4 nitrogen and oxygen atoms in total. The summed E-state index contributed by atoms with van der Waals surface area (Å²) in [6.45, 7) is 0. The number of H-pyrrole nitrogens is 1. The van der Waals surface area contributed by atoms with Gasteiger partial charge in [-0.2, -0.15) is 0 Å². The molecule has 0 aliphatic carbocycles. The molecule has 5 heteroatoms. The topological polar surface area (TPSA) is 54.1 Å². The van der Waals surface area contributed by atoms with E-state index in [0.717, 1.165) is 11.2 Å². The number of hydrogen-bond donors (Lipinski definition) is 2. The number of methoxy groups -OCH3 is 1. The summed E-state index contributed by atoms with van der Waals surface area (Å²) in [5.41, 5.74) is 4.61. The summed E-state index contributed by atoms with van der Waals surface area (Å²) in [4.78, 5) is 15.8. The van der Waals surface area contributed by atoms with E-state index in [-0.39, 0.29) is 18.1 Å². The van der Waals surface area contributed by atoms with Crippen molar-refractivity contribution in [2.45, 2.75) is 18.5 Å². The average molecular weight is 432 g/mol. The molecule has 1 aromatic heterocycles. The molecule has 1 aliphatic heterocycles. The molecule has 0 fully saturated rings. The molecular weight excluding hydrogens is 415 g/mol. The molecule has 2 N–H and O–H groups in total. The molecule has 3 aromatic rings. The number of halogens is 1. The molecule has 2 unspecified atom stereocenters. The molecule has 0 radical (unpaired) electrons. The summed E-state index contributed by atoms with van der Waals surface area (Å²) < 4.78 is 6.16. The molecule has 4 rings (SSSR count). The van der Waals surface area contributed by atoms with Gasteiger partial charge in [-0.3, -0.25) is 10.1 Å². The van der Waals surface area contributed by atoms with Gasteiger partial charge >= 0.3 is 5.97 Å². The summed E-state index contributed by atoms with van der Waals surface area (Å²) >= 11 is 2.34. The second-order valence-electron chi connectivity index (χ2n) is 5.96. The fraction of sp³-hybridized carbons (Fsp3) is 0.211. The van der Waals surface area contributed by atoms with Gasteiger partial charge in [-0.25, -0.2) is 0 Å². The number of hydrogen-bond acceptors (Lipinski definition) is 3. The molecule has 0 spiro atoms. The zero-order valence-electron chi connectivity index (χ0n) is 13.2. The molecule has 2 atom stereocenters. The van der Waals surface area contributed by atoms with E-state index >= 15 is 0 Å². The van der Waals surface area contributed by atoms with E-state index in [1.165, 1.54) is 27.2 Å². The number of rotatable bonds is 2. The van der Waals surface area contributed by atoms with Crippen molar-refractivity contribution in [2.75, 3.05) is 7.11 Å². The van der Waals surface area contributed by atoms with Crippen molar-refractivity contribution in [1.29, 1.82) is 0 Å². The Kier molecular flexibility index (Phi) is 4.05. The Hall–Kier alpha value is -1.86. The van der Waals surface area contributed by atoms with Crippen LogP contribution in [0, 0.1) is 3.57 Å². The van der Waals surface area contributed by atoms with E-state index in [0.29, 0.717) is 6.42 Å². The van der Waals surface area contributed by atoms with Crippen LogP contribution in [0.25, 0.3) is 10.9 Å². The van der Waals surface area contributed by atoms with Gasteiger partial charge < -0.3 is 9.72 Å². The number of aromatic nitrogens is 1. The van der Waals surface area contributed by atoms with Crippen LogP contribution in [0.4, 0.5) is 0 Å². The van der Waals surface area contributed by atoms with Crippen LogP contribution in [0.3, 0.4) is 0 Å². The summed E-state index contributed by atoms with van der Waals surface area (Å²) in [5.74, 6) is -0.220. The van der Waals surface area contributed by atoms with Crippen molar-refractivity contribution in [3.8, 4) is 0 Å². The minimum absolute atomic E-state index is 0.0571. The zero-order chi connectivity index (χ0) is 16.7. The molecule has 1 aliphatic rings. The number of carbonyl (C=O) groups excluding carboxylic acids is 1. The third-order valence-electron chi connectivity index (χ3n) is 4.61. The molecule has 2 aromatic carbocycles. The van der Waals surface area contributed by atoms with Crippen molar-refractivity contribution in [3.63, 3.8) is 0 Å². The van der Waals surface area contributed by atoms with Crippen LogP contribution < -0.4 is 5.32 Å². The number of fused-ring (bicyclic) bond motifs is 3. The van der Waals surface area contributed by atoms with Crippen LogP contribution in [0.2, 0.25) is 0 Å². The lowest BCUT2D eigenvalue weighted by molar-refractivity contribution is -0.143. The Morgan fingerprint density at radius 1 is 1.17 bits per heavy atom.